The normalized spacial score (nSPS) is 23.0. The molecule has 0 saturated carbocycles. The van der Waals surface area contributed by atoms with Crippen LogP contribution in [0.4, 0.5) is 0 Å². The molecule has 0 bridgehead atoms. The van der Waals surface area contributed by atoms with Crippen LogP contribution in [-0.4, -0.2) is 26.0 Å². The molecule has 5 heteroatoms. The van der Waals surface area contributed by atoms with Crippen molar-refractivity contribution in [1.29, 1.82) is 0 Å². The van der Waals surface area contributed by atoms with E-state index in [4.69, 9.17) is 5.84 Å². The maximum absolute atomic E-state index is 11.5. The molecule has 2 atom stereocenters. The minimum absolute atomic E-state index is 0.173. The van der Waals surface area contributed by atoms with Gasteiger partial charge in [0.05, 0.1) is 11.5 Å². The van der Waals surface area contributed by atoms with Crippen LogP contribution in [0, 0.1) is 5.92 Å². The molecule has 1 rings (SSSR count). The van der Waals surface area contributed by atoms with Crippen LogP contribution in [0.25, 0.3) is 0 Å². The number of rotatable bonds is 11. The largest absolute Gasteiger partial charge is 0.271 e. The predicted octanol–water partition coefficient (Wildman–Crippen LogP) is 2.78. The highest BCUT2D eigenvalue weighted by atomic mass is 32.2. The number of nitrogens with two attached hydrogens (primary N) is 1. The first-order valence-electron chi connectivity index (χ1n) is 8.25. The molecule has 0 radical (unpaired) electrons. The SMILES string of the molecule is CCCCCCCCCCC(NN)C1CCS(=O)(=O)C1. The second kappa shape index (κ2) is 9.74. The lowest BCUT2D eigenvalue weighted by Crippen LogP contribution is -2.41. The summed E-state index contributed by atoms with van der Waals surface area (Å²) in [4.78, 5) is 0. The van der Waals surface area contributed by atoms with Crippen LogP contribution >= 0.6 is 0 Å². The van der Waals surface area contributed by atoms with Crippen molar-refractivity contribution in [2.45, 2.75) is 77.2 Å². The van der Waals surface area contributed by atoms with E-state index in [1.165, 1.54) is 44.9 Å². The summed E-state index contributed by atoms with van der Waals surface area (Å²) in [5.74, 6) is 6.47. The summed E-state index contributed by atoms with van der Waals surface area (Å²) in [7, 11) is -2.79. The van der Waals surface area contributed by atoms with Gasteiger partial charge in [-0.2, -0.15) is 0 Å². The van der Waals surface area contributed by atoms with Gasteiger partial charge in [-0.3, -0.25) is 11.3 Å². The van der Waals surface area contributed by atoms with Crippen LogP contribution in [0.5, 0.6) is 0 Å². The minimum Gasteiger partial charge on any atom is -0.271 e. The molecule has 0 aliphatic carbocycles. The molecule has 0 aromatic heterocycles. The second-order valence-corrected chi connectivity index (χ2v) is 8.43. The zero-order valence-corrected chi connectivity index (χ0v) is 13.8. The number of sulfone groups is 1. The molecule has 20 heavy (non-hydrogen) atoms. The summed E-state index contributed by atoms with van der Waals surface area (Å²) >= 11 is 0. The molecule has 3 N–H and O–H groups in total. The van der Waals surface area contributed by atoms with E-state index in [1.54, 1.807) is 0 Å². The summed E-state index contributed by atoms with van der Waals surface area (Å²) in [5, 5.41) is 0. The average molecular weight is 305 g/mol. The Balaban J connectivity index is 2.07. The Labute approximate surface area is 124 Å². The quantitative estimate of drug-likeness (QED) is 0.350. The first-order chi connectivity index (χ1) is 9.59. The van der Waals surface area contributed by atoms with Crippen LogP contribution in [0.1, 0.15) is 71.1 Å². The first kappa shape index (κ1) is 17.9. The van der Waals surface area contributed by atoms with Gasteiger partial charge in [-0.05, 0) is 18.8 Å². The van der Waals surface area contributed by atoms with Crippen molar-refractivity contribution in [3.8, 4) is 0 Å². The maximum atomic E-state index is 11.5. The topological polar surface area (TPSA) is 72.2 Å². The summed E-state index contributed by atoms with van der Waals surface area (Å²) in [5.41, 5.74) is 2.84. The van der Waals surface area contributed by atoms with Gasteiger partial charge < -0.3 is 0 Å². The number of nitrogens with one attached hydrogen (secondary N) is 1. The molecule has 1 heterocycles. The van der Waals surface area contributed by atoms with Gasteiger partial charge in [0.1, 0.15) is 0 Å². The molecule has 1 aliphatic rings. The van der Waals surface area contributed by atoms with Crippen molar-refractivity contribution in [2.75, 3.05) is 11.5 Å². The van der Waals surface area contributed by atoms with Crippen LogP contribution < -0.4 is 11.3 Å². The smallest absolute Gasteiger partial charge is 0.150 e. The summed E-state index contributed by atoms with van der Waals surface area (Å²) in [6, 6.07) is 0.173. The maximum Gasteiger partial charge on any atom is 0.150 e. The average Bonchev–Trinajstić information content (AvgIpc) is 2.77. The summed E-state index contributed by atoms with van der Waals surface area (Å²) in [6.07, 6.45) is 12.2. The third-order valence-corrected chi connectivity index (χ3v) is 6.21. The van der Waals surface area contributed by atoms with Crippen LogP contribution in [0.2, 0.25) is 0 Å². The van der Waals surface area contributed by atoms with E-state index in [1.807, 2.05) is 0 Å². The van der Waals surface area contributed by atoms with Crippen molar-refractivity contribution in [2.24, 2.45) is 11.8 Å². The van der Waals surface area contributed by atoms with Crippen molar-refractivity contribution in [3.05, 3.63) is 0 Å². The lowest BCUT2D eigenvalue weighted by atomic mass is 9.94. The number of hydrogen-bond donors (Lipinski definition) is 2. The molecule has 2 unspecified atom stereocenters. The lowest BCUT2D eigenvalue weighted by molar-refractivity contribution is 0.354. The van der Waals surface area contributed by atoms with Crippen molar-refractivity contribution < 1.29 is 8.42 Å². The second-order valence-electron chi connectivity index (χ2n) is 6.20. The standard InChI is InChI=1S/C15H32N2O2S/c1-2-3-4-5-6-7-8-9-10-15(17-16)14-11-12-20(18,19)13-14/h14-15,17H,2-13,16H2,1H3. The van der Waals surface area contributed by atoms with Gasteiger partial charge in [-0.25, -0.2) is 8.42 Å². The fourth-order valence-corrected chi connectivity index (χ4v) is 4.97. The van der Waals surface area contributed by atoms with Crippen molar-refractivity contribution in [1.82, 2.24) is 5.43 Å². The molecule has 0 amide bonds. The number of hydrogen-bond acceptors (Lipinski definition) is 4. The molecule has 1 aliphatic heterocycles. The zero-order valence-electron chi connectivity index (χ0n) is 12.9. The lowest BCUT2D eigenvalue weighted by Gasteiger charge is -2.21. The van der Waals surface area contributed by atoms with Crippen LogP contribution in [0.15, 0.2) is 0 Å². The molecule has 0 aromatic rings. The third kappa shape index (κ3) is 7.04. The molecule has 0 spiro atoms. The van der Waals surface area contributed by atoms with Crippen LogP contribution in [0.3, 0.4) is 0 Å². The fourth-order valence-electron chi connectivity index (χ4n) is 3.09. The van der Waals surface area contributed by atoms with Crippen LogP contribution in [-0.2, 0) is 9.84 Å². The third-order valence-electron chi connectivity index (χ3n) is 4.42. The first-order valence-corrected chi connectivity index (χ1v) is 10.1. The van der Waals surface area contributed by atoms with Gasteiger partial charge >= 0.3 is 0 Å². The van der Waals surface area contributed by atoms with E-state index >= 15 is 0 Å². The molecular weight excluding hydrogens is 272 g/mol. The van der Waals surface area contributed by atoms with Crippen molar-refractivity contribution in [3.63, 3.8) is 0 Å². The van der Waals surface area contributed by atoms with Gasteiger partial charge in [0.2, 0.25) is 0 Å². The number of unbranched alkanes of at least 4 members (excludes halogenated alkanes) is 7. The molecule has 1 saturated heterocycles. The Morgan fingerprint density at radius 2 is 1.70 bits per heavy atom. The van der Waals surface area contributed by atoms with E-state index in [9.17, 15) is 8.42 Å². The Hall–Kier alpha value is -0.130. The van der Waals surface area contributed by atoms with E-state index in [-0.39, 0.29) is 12.0 Å². The Kier molecular flexibility index (Phi) is 8.73. The molecular formula is C15H32N2O2S. The number of hydrazine groups is 1. The van der Waals surface area contributed by atoms with Gasteiger partial charge in [0.25, 0.3) is 0 Å². The Bertz CT molecular complexity index is 344. The van der Waals surface area contributed by atoms with Gasteiger partial charge in [-0.15, -0.1) is 0 Å². The van der Waals surface area contributed by atoms with Gasteiger partial charge in [0, 0.05) is 6.04 Å². The monoisotopic (exact) mass is 304 g/mol. The highest BCUT2D eigenvalue weighted by Crippen LogP contribution is 2.24. The minimum atomic E-state index is -2.79. The molecule has 120 valence electrons. The Morgan fingerprint density at radius 3 is 2.20 bits per heavy atom. The fraction of sp³-hybridized carbons (Fsp3) is 1.00. The van der Waals surface area contributed by atoms with E-state index in [2.05, 4.69) is 12.3 Å². The zero-order chi connectivity index (χ0) is 14.8. The predicted molar refractivity (Wildman–Crippen MR) is 85.1 cm³/mol. The van der Waals surface area contributed by atoms with Crippen molar-refractivity contribution >= 4 is 9.84 Å². The Morgan fingerprint density at radius 1 is 1.10 bits per heavy atom. The summed E-state index contributed by atoms with van der Waals surface area (Å²) in [6.45, 7) is 2.24. The van der Waals surface area contributed by atoms with E-state index in [0.717, 1.165) is 19.3 Å². The highest BCUT2D eigenvalue weighted by molar-refractivity contribution is 7.91. The molecule has 4 nitrogen and oxygen atoms in total. The van der Waals surface area contributed by atoms with Gasteiger partial charge in [-0.1, -0.05) is 58.3 Å². The van der Waals surface area contributed by atoms with Gasteiger partial charge in [0.15, 0.2) is 9.84 Å². The highest BCUT2D eigenvalue weighted by Gasteiger charge is 2.32. The molecule has 1 fully saturated rings. The molecule has 0 aromatic carbocycles. The summed E-state index contributed by atoms with van der Waals surface area (Å²) < 4.78 is 23.0. The van der Waals surface area contributed by atoms with E-state index in [0.29, 0.717) is 11.5 Å². The van der Waals surface area contributed by atoms with E-state index < -0.39 is 9.84 Å².